The lowest BCUT2D eigenvalue weighted by Gasteiger charge is -2.36. The van der Waals surface area contributed by atoms with E-state index in [1.54, 1.807) is 0 Å². The van der Waals surface area contributed by atoms with Crippen LogP contribution in [0, 0.1) is 5.92 Å². The van der Waals surface area contributed by atoms with E-state index < -0.39 is 5.60 Å². The molecule has 2 atom stereocenters. The van der Waals surface area contributed by atoms with Gasteiger partial charge in [-0.1, -0.05) is 23.7 Å². The van der Waals surface area contributed by atoms with Gasteiger partial charge in [-0.2, -0.15) is 0 Å². The highest BCUT2D eigenvalue weighted by Gasteiger charge is 2.34. The van der Waals surface area contributed by atoms with Crippen molar-refractivity contribution < 1.29 is 5.11 Å². The molecule has 0 amide bonds. The van der Waals surface area contributed by atoms with E-state index in [-0.39, 0.29) is 5.92 Å². The van der Waals surface area contributed by atoms with Crippen molar-refractivity contribution in [2.45, 2.75) is 25.4 Å². The van der Waals surface area contributed by atoms with Crippen molar-refractivity contribution in [2.24, 2.45) is 5.92 Å². The van der Waals surface area contributed by atoms with Crippen LogP contribution in [0.25, 0.3) is 0 Å². The predicted octanol–water partition coefficient (Wildman–Crippen LogP) is 2.55. The summed E-state index contributed by atoms with van der Waals surface area (Å²) in [6.07, 6.45) is 2.21. The van der Waals surface area contributed by atoms with Crippen LogP contribution in [0.4, 0.5) is 0 Å². The van der Waals surface area contributed by atoms with E-state index in [9.17, 15) is 5.11 Å². The molecular weight excluding hydrogens is 222 g/mol. The van der Waals surface area contributed by atoms with Crippen molar-refractivity contribution in [3.63, 3.8) is 0 Å². The quantitative estimate of drug-likeness (QED) is 0.832. The highest BCUT2D eigenvalue weighted by atomic mass is 35.5. The summed E-state index contributed by atoms with van der Waals surface area (Å²) >= 11 is 5.85. The molecule has 2 unspecified atom stereocenters. The van der Waals surface area contributed by atoms with E-state index in [2.05, 4.69) is 5.32 Å². The molecule has 0 saturated carbocycles. The van der Waals surface area contributed by atoms with Gasteiger partial charge in [-0.3, -0.25) is 0 Å². The van der Waals surface area contributed by atoms with Crippen molar-refractivity contribution in [2.75, 3.05) is 13.1 Å². The van der Waals surface area contributed by atoms with E-state index in [0.717, 1.165) is 31.5 Å². The van der Waals surface area contributed by atoms with Crippen LogP contribution in [0.2, 0.25) is 5.02 Å². The lowest BCUT2D eigenvalue weighted by atomic mass is 9.79. The van der Waals surface area contributed by atoms with Gasteiger partial charge in [0.05, 0.1) is 5.60 Å². The Morgan fingerprint density at radius 2 is 2.06 bits per heavy atom. The molecule has 1 aliphatic heterocycles. The van der Waals surface area contributed by atoms with E-state index >= 15 is 0 Å². The number of halogens is 1. The first-order valence-electron chi connectivity index (χ1n) is 5.80. The van der Waals surface area contributed by atoms with E-state index in [1.165, 1.54) is 0 Å². The molecule has 0 spiro atoms. The summed E-state index contributed by atoms with van der Waals surface area (Å²) < 4.78 is 0. The molecule has 16 heavy (non-hydrogen) atoms. The molecule has 2 nitrogen and oxygen atoms in total. The maximum atomic E-state index is 10.6. The summed E-state index contributed by atoms with van der Waals surface area (Å²) in [5, 5.41) is 14.7. The van der Waals surface area contributed by atoms with Crippen molar-refractivity contribution in [1.82, 2.24) is 5.32 Å². The van der Waals surface area contributed by atoms with Crippen LogP contribution in [-0.4, -0.2) is 18.2 Å². The van der Waals surface area contributed by atoms with Gasteiger partial charge in [-0.25, -0.2) is 0 Å². The van der Waals surface area contributed by atoms with Gasteiger partial charge in [0.1, 0.15) is 0 Å². The van der Waals surface area contributed by atoms with E-state index in [4.69, 9.17) is 11.6 Å². The van der Waals surface area contributed by atoms with Gasteiger partial charge in [-0.05, 0) is 44.0 Å². The minimum absolute atomic E-state index is 0.280. The molecular formula is C13H18ClNO. The second-order valence-corrected chi connectivity index (χ2v) is 5.13. The van der Waals surface area contributed by atoms with Crippen LogP contribution >= 0.6 is 11.6 Å². The standard InChI is InChI=1S/C13H18ClNO/c1-13(16,11-3-2-8-15-9-11)10-4-6-12(14)7-5-10/h4-7,11,15-16H,2-3,8-9H2,1H3. The molecule has 88 valence electrons. The number of piperidine rings is 1. The molecule has 2 rings (SSSR count). The van der Waals surface area contributed by atoms with Crippen LogP contribution in [0.15, 0.2) is 24.3 Å². The molecule has 1 aromatic rings. The van der Waals surface area contributed by atoms with Gasteiger partial charge in [0, 0.05) is 17.5 Å². The Kier molecular flexibility index (Phi) is 3.53. The first kappa shape index (κ1) is 11.9. The fraction of sp³-hybridized carbons (Fsp3) is 0.538. The molecule has 0 bridgehead atoms. The minimum Gasteiger partial charge on any atom is -0.385 e. The highest BCUT2D eigenvalue weighted by molar-refractivity contribution is 6.30. The van der Waals surface area contributed by atoms with Crippen LogP contribution in [0.3, 0.4) is 0 Å². The van der Waals surface area contributed by atoms with Crippen LogP contribution < -0.4 is 5.32 Å². The topological polar surface area (TPSA) is 32.3 Å². The number of hydrogen-bond acceptors (Lipinski definition) is 2. The van der Waals surface area contributed by atoms with Gasteiger partial charge >= 0.3 is 0 Å². The average molecular weight is 240 g/mol. The van der Waals surface area contributed by atoms with E-state index in [1.807, 2.05) is 31.2 Å². The third kappa shape index (κ3) is 2.40. The second kappa shape index (κ2) is 4.74. The Balaban J connectivity index is 2.19. The third-order valence-electron chi connectivity index (χ3n) is 3.52. The number of rotatable bonds is 2. The molecule has 1 fully saturated rings. The Morgan fingerprint density at radius 3 is 2.62 bits per heavy atom. The summed E-state index contributed by atoms with van der Waals surface area (Å²) in [5.41, 5.74) is 0.184. The Bertz CT molecular complexity index is 341. The Morgan fingerprint density at radius 1 is 1.38 bits per heavy atom. The van der Waals surface area contributed by atoms with Crippen molar-refractivity contribution in [3.8, 4) is 0 Å². The smallest absolute Gasteiger partial charge is 0.0908 e. The summed E-state index contributed by atoms with van der Waals surface area (Å²) in [6.45, 7) is 3.84. The highest BCUT2D eigenvalue weighted by Crippen LogP contribution is 2.33. The molecule has 3 heteroatoms. The van der Waals surface area contributed by atoms with Gasteiger partial charge in [0.2, 0.25) is 0 Å². The summed E-state index contributed by atoms with van der Waals surface area (Å²) in [4.78, 5) is 0. The van der Waals surface area contributed by atoms with Gasteiger partial charge in [0.25, 0.3) is 0 Å². The SMILES string of the molecule is CC(O)(c1ccc(Cl)cc1)C1CCCNC1. The fourth-order valence-corrected chi connectivity index (χ4v) is 2.48. The molecule has 2 N–H and O–H groups in total. The monoisotopic (exact) mass is 239 g/mol. The zero-order valence-corrected chi connectivity index (χ0v) is 10.3. The molecule has 0 aliphatic carbocycles. The van der Waals surface area contributed by atoms with Crippen molar-refractivity contribution >= 4 is 11.6 Å². The third-order valence-corrected chi connectivity index (χ3v) is 3.77. The molecule has 1 heterocycles. The number of nitrogens with one attached hydrogen (secondary N) is 1. The van der Waals surface area contributed by atoms with Gasteiger partial charge < -0.3 is 10.4 Å². The van der Waals surface area contributed by atoms with Crippen molar-refractivity contribution in [3.05, 3.63) is 34.9 Å². The van der Waals surface area contributed by atoms with Crippen LogP contribution in [0.5, 0.6) is 0 Å². The Labute approximate surface area is 102 Å². The summed E-state index contributed by atoms with van der Waals surface area (Å²) in [7, 11) is 0. The maximum absolute atomic E-state index is 10.6. The second-order valence-electron chi connectivity index (χ2n) is 4.70. The molecule has 1 aliphatic rings. The first-order valence-corrected chi connectivity index (χ1v) is 6.17. The average Bonchev–Trinajstić information content (AvgIpc) is 2.31. The fourth-order valence-electron chi connectivity index (χ4n) is 2.35. The molecule has 1 saturated heterocycles. The van der Waals surface area contributed by atoms with Crippen molar-refractivity contribution in [1.29, 1.82) is 0 Å². The van der Waals surface area contributed by atoms with Crippen LogP contribution in [-0.2, 0) is 5.60 Å². The summed E-state index contributed by atoms with van der Waals surface area (Å²) in [5.74, 6) is 0.280. The largest absolute Gasteiger partial charge is 0.385 e. The maximum Gasteiger partial charge on any atom is 0.0908 e. The molecule has 0 radical (unpaired) electrons. The Hall–Kier alpha value is -0.570. The first-order chi connectivity index (χ1) is 7.60. The summed E-state index contributed by atoms with van der Waals surface area (Å²) in [6, 6.07) is 7.50. The van der Waals surface area contributed by atoms with E-state index in [0.29, 0.717) is 5.02 Å². The molecule has 0 aromatic heterocycles. The predicted molar refractivity (Wildman–Crippen MR) is 66.6 cm³/mol. The van der Waals surface area contributed by atoms with Gasteiger partial charge in [0.15, 0.2) is 0 Å². The normalized spacial score (nSPS) is 25.1. The minimum atomic E-state index is -0.766. The lowest BCUT2D eigenvalue weighted by Crippen LogP contribution is -2.42. The van der Waals surface area contributed by atoms with Gasteiger partial charge in [-0.15, -0.1) is 0 Å². The number of aliphatic hydroxyl groups is 1. The zero-order chi connectivity index (χ0) is 11.6. The molecule has 1 aromatic carbocycles. The zero-order valence-electron chi connectivity index (χ0n) is 9.54. The van der Waals surface area contributed by atoms with Crippen LogP contribution in [0.1, 0.15) is 25.3 Å². The number of hydrogen-bond donors (Lipinski definition) is 2. The number of benzene rings is 1. The lowest BCUT2D eigenvalue weighted by molar-refractivity contribution is -0.0156.